The number of rotatable bonds is 3. The van der Waals surface area contributed by atoms with Gasteiger partial charge in [0, 0.05) is 12.4 Å². The summed E-state index contributed by atoms with van der Waals surface area (Å²) in [6, 6.07) is 0.999. The molecule has 2 nitrogen and oxygen atoms in total. The third-order valence-electron chi connectivity index (χ3n) is 2.18. The third-order valence-corrected chi connectivity index (χ3v) is 2.18. The molecule has 1 rings (SSSR count). The normalized spacial score (nSPS) is 13.9. The maximum atomic E-state index is 12.5. The highest BCUT2D eigenvalue weighted by atomic mass is 19.4. The van der Waals surface area contributed by atoms with E-state index in [9.17, 15) is 13.2 Å². The lowest BCUT2D eigenvalue weighted by atomic mass is 9.98. The molecule has 0 aliphatic rings. The first-order valence-corrected chi connectivity index (χ1v) is 4.65. The molecule has 0 radical (unpaired) electrons. The predicted molar refractivity (Wildman–Crippen MR) is 51.2 cm³/mol. The summed E-state index contributed by atoms with van der Waals surface area (Å²) in [5, 5.41) is 0. The first-order chi connectivity index (χ1) is 6.95. The Bertz CT molecular complexity index is 323. The molecule has 15 heavy (non-hydrogen) atoms. The summed E-state index contributed by atoms with van der Waals surface area (Å²) in [5.74, 6) is 0.0234. The van der Waals surface area contributed by atoms with Crippen molar-refractivity contribution in [2.45, 2.75) is 19.5 Å². The average Bonchev–Trinajstić information content (AvgIpc) is 2.17. The van der Waals surface area contributed by atoms with Crippen LogP contribution >= 0.6 is 0 Å². The van der Waals surface area contributed by atoms with Gasteiger partial charge in [0.05, 0.1) is 5.56 Å². The van der Waals surface area contributed by atoms with Crippen LogP contribution in [0.1, 0.15) is 18.1 Å². The van der Waals surface area contributed by atoms with Gasteiger partial charge in [-0.2, -0.15) is 13.2 Å². The zero-order valence-electron chi connectivity index (χ0n) is 8.38. The molecule has 2 N–H and O–H groups in total. The molecule has 0 spiro atoms. The van der Waals surface area contributed by atoms with E-state index in [0.29, 0.717) is 13.0 Å². The molecule has 5 heteroatoms. The second-order valence-corrected chi connectivity index (χ2v) is 3.58. The van der Waals surface area contributed by atoms with E-state index in [1.807, 2.05) is 6.92 Å². The Labute approximate surface area is 86.3 Å². The number of pyridine rings is 1. The summed E-state index contributed by atoms with van der Waals surface area (Å²) in [6.07, 6.45) is -1.60. The van der Waals surface area contributed by atoms with Gasteiger partial charge in [0.15, 0.2) is 0 Å². The van der Waals surface area contributed by atoms with Crippen LogP contribution in [0, 0.1) is 5.92 Å². The molecule has 0 aromatic carbocycles. The number of alkyl halides is 3. The van der Waals surface area contributed by atoms with Crippen LogP contribution in [0.25, 0.3) is 0 Å². The molecule has 0 bridgehead atoms. The van der Waals surface area contributed by atoms with Gasteiger partial charge in [-0.15, -0.1) is 0 Å². The zero-order valence-corrected chi connectivity index (χ0v) is 8.38. The second-order valence-electron chi connectivity index (χ2n) is 3.58. The smallest absolute Gasteiger partial charge is 0.330 e. The Kier molecular flexibility index (Phi) is 3.68. The van der Waals surface area contributed by atoms with Crippen LogP contribution in [-0.2, 0) is 12.6 Å². The fourth-order valence-electron chi connectivity index (χ4n) is 1.33. The molecule has 0 fully saturated rings. The Morgan fingerprint density at radius 2 is 2.13 bits per heavy atom. The summed E-state index contributed by atoms with van der Waals surface area (Å²) < 4.78 is 37.6. The SMILES string of the molecule is CC(CN)Cc1cnccc1C(F)(F)F. The van der Waals surface area contributed by atoms with Crippen molar-refractivity contribution in [2.24, 2.45) is 11.7 Å². The maximum Gasteiger partial charge on any atom is 0.416 e. The van der Waals surface area contributed by atoms with Gasteiger partial charge in [0.1, 0.15) is 0 Å². The van der Waals surface area contributed by atoms with Crippen LogP contribution in [0.2, 0.25) is 0 Å². The lowest BCUT2D eigenvalue weighted by Gasteiger charge is -2.14. The van der Waals surface area contributed by atoms with E-state index in [4.69, 9.17) is 5.73 Å². The van der Waals surface area contributed by atoms with E-state index in [2.05, 4.69) is 4.98 Å². The van der Waals surface area contributed by atoms with Crippen LogP contribution in [0.4, 0.5) is 13.2 Å². The van der Waals surface area contributed by atoms with Crippen LogP contribution in [0.15, 0.2) is 18.5 Å². The molecule has 1 aromatic rings. The van der Waals surface area contributed by atoms with Crippen molar-refractivity contribution in [3.05, 3.63) is 29.6 Å². The van der Waals surface area contributed by atoms with Crippen molar-refractivity contribution in [1.82, 2.24) is 4.98 Å². The van der Waals surface area contributed by atoms with Gasteiger partial charge in [-0.3, -0.25) is 4.98 Å². The van der Waals surface area contributed by atoms with E-state index >= 15 is 0 Å². The lowest BCUT2D eigenvalue weighted by Crippen LogP contribution is -2.16. The van der Waals surface area contributed by atoms with Crippen molar-refractivity contribution in [2.75, 3.05) is 6.54 Å². The highest BCUT2D eigenvalue weighted by Crippen LogP contribution is 2.32. The van der Waals surface area contributed by atoms with Crippen LogP contribution in [0.3, 0.4) is 0 Å². The van der Waals surface area contributed by atoms with E-state index in [0.717, 1.165) is 12.3 Å². The molecular weight excluding hydrogens is 205 g/mol. The lowest BCUT2D eigenvalue weighted by molar-refractivity contribution is -0.138. The van der Waals surface area contributed by atoms with Crippen molar-refractivity contribution < 1.29 is 13.2 Å². The first kappa shape index (κ1) is 12.0. The van der Waals surface area contributed by atoms with Gasteiger partial charge < -0.3 is 5.73 Å². The van der Waals surface area contributed by atoms with Gasteiger partial charge in [-0.25, -0.2) is 0 Å². The molecule has 1 unspecified atom stereocenters. The third kappa shape index (κ3) is 3.20. The minimum Gasteiger partial charge on any atom is -0.330 e. The second kappa shape index (κ2) is 4.61. The maximum absolute atomic E-state index is 12.5. The number of aromatic nitrogens is 1. The molecule has 1 aromatic heterocycles. The van der Waals surface area contributed by atoms with Crippen LogP contribution in [0.5, 0.6) is 0 Å². The van der Waals surface area contributed by atoms with Crippen molar-refractivity contribution in [1.29, 1.82) is 0 Å². The quantitative estimate of drug-likeness (QED) is 0.845. The summed E-state index contributed by atoms with van der Waals surface area (Å²) in [5.41, 5.74) is 4.98. The van der Waals surface area contributed by atoms with E-state index in [1.54, 1.807) is 0 Å². The molecule has 0 aliphatic heterocycles. The van der Waals surface area contributed by atoms with Gasteiger partial charge in [-0.1, -0.05) is 6.92 Å². The van der Waals surface area contributed by atoms with Gasteiger partial charge in [0.25, 0.3) is 0 Å². The largest absolute Gasteiger partial charge is 0.416 e. The fraction of sp³-hybridized carbons (Fsp3) is 0.500. The molecule has 0 saturated heterocycles. The van der Waals surface area contributed by atoms with E-state index in [1.165, 1.54) is 6.20 Å². The summed E-state index contributed by atoms with van der Waals surface area (Å²) in [6.45, 7) is 2.18. The summed E-state index contributed by atoms with van der Waals surface area (Å²) in [4.78, 5) is 3.71. The number of nitrogens with two attached hydrogens (primary N) is 1. The number of nitrogens with zero attached hydrogens (tertiary/aromatic N) is 1. The summed E-state index contributed by atoms with van der Waals surface area (Å²) >= 11 is 0. The molecule has 1 heterocycles. The van der Waals surface area contributed by atoms with Crippen LogP contribution in [-0.4, -0.2) is 11.5 Å². The summed E-state index contributed by atoms with van der Waals surface area (Å²) in [7, 11) is 0. The molecule has 84 valence electrons. The van der Waals surface area contributed by atoms with Crippen LogP contribution < -0.4 is 5.73 Å². The fourth-order valence-corrected chi connectivity index (χ4v) is 1.33. The first-order valence-electron chi connectivity index (χ1n) is 4.65. The van der Waals surface area contributed by atoms with E-state index < -0.39 is 11.7 Å². The van der Waals surface area contributed by atoms with Crippen molar-refractivity contribution in [3.63, 3.8) is 0 Å². The molecule has 1 atom stereocenters. The predicted octanol–water partition coefficient (Wildman–Crippen LogP) is 2.24. The van der Waals surface area contributed by atoms with Gasteiger partial charge in [0.2, 0.25) is 0 Å². The molecule has 0 aliphatic carbocycles. The topological polar surface area (TPSA) is 38.9 Å². The van der Waals surface area contributed by atoms with Gasteiger partial charge in [-0.05, 0) is 30.5 Å². The Hall–Kier alpha value is -1.10. The minimum absolute atomic E-state index is 0.0234. The number of halogens is 3. The highest BCUT2D eigenvalue weighted by molar-refractivity contribution is 5.26. The van der Waals surface area contributed by atoms with Gasteiger partial charge >= 0.3 is 6.18 Å². The number of hydrogen-bond acceptors (Lipinski definition) is 2. The molecular formula is C10H13F3N2. The van der Waals surface area contributed by atoms with Crippen molar-refractivity contribution in [3.8, 4) is 0 Å². The minimum atomic E-state index is -4.31. The standard InChI is InChI=1S/C10H13F3N2/c1-7(5-14)4-8-6-15-3-2-9(8)10(11,12)13/h2-3,6-7H,4-5,14H2,1H3. The van der Waals surface area contributed by atoms with E-state index in [-0.39, 0.29) is 11.5 Å². The Morgan fingerprint density at radius 1 is 1.47 bits per heavy atom. The Balaban J connectivity index is 2.97. The average molecular weight is 218 g/mol. The molecule has 0 saturated carbocycles. The number of hydrogen-bond donors (Lipinski definition) is 1. The molecule has 0 amide bonds. The zero-order chi connectivity index (χ0) is 11.5. The monoisotopic (exact) mass is 218 g/mol. The Morgan fingerprint density at radius 3 is 2.67 bits per heavy atom. The highest BCUT2D eigenvalue weighted by Gasteiger charge is 2.33. The van der Waals surface area contributed by atoms with Crippen molar-refractivity contribution >= 4 is 0 Å².